The van der Waals surface area contributed by atoms with Gasteiger partial charge in [-0.15, -0.1) is 0 Å². The third kappa shape index (κ3) is 8.45. The number of benzene rings is 11. The minimum atomic E-state index is 1.09. The molecule has 0 N–H and O–H groups in total. The maximum absolute atomic E-state index is 2.48. The molecule has 0 aliphatic carbocycles. The zero-order chi connectivity index (χ0) is 46.1. The average molecular weight is 873 g/mol. The van der Waals surface area contributed by atoms with Gasteiger partial charge in [0.2, 0.25) is 0 Å². The van der Waals surface area contributed by atoms with Crippen LogP contribution in [0, 0.1) is 27.7 Å². The van der Waals surface area contributed by atoms with E-state index in [1.165, 1.54) is 76.5 Å². The van der Waals surface area contributed by atoms with Crippen LogP contribution >= 0.6 is 0 Å². The molecule has 0 bridgehead atoms. The van der Waals surface area contributed by atoms with Crippen molar-refractivity contribution in [1.82, 2.24) is 0 Å². The molecule has 2 heteroatoms. The van der Waals surface area contributed by atoms with Crippen molar-refractivity contribution in [3.8, 4) is 0 Å². The van der Waals surface area contributed by atoms with Crippen LogP contribution in [0.1, 0.15) is 44.5 Å². The van der Waals surface area contributed by atoms with Crippen molar-refractivity contribution < 1.29 is 0 Å². The quantitative estimate of drug-likeness (QED) is 0.0767. The summed E-state index contributed by atoms with van der Waals surface area (Å²) < 4.78 is 0. The molecule has 11 rings (SSSR count). The first-order valence-corrected chi connectivity index (χ1v) is 23.6. The van der Waals surface area contributed by atoms with Gasteiger partial charge in [0, 0.05) is 44.3 Å². The molecule has 2 nitrogen and oxygen atoms in total. The van der Waals surface area contributed by atoms with Crippen LogP contribution in [-0.2, 0) is 0 Å². The number of aryl methyl sites for hydroxylation is 4. The summed E-state index contributed by atoms with van der Waals surface area (Å²) in [6, 6.07) is 80.6. The largest absolute Gasteiger partial charge is 0.309 e. The van der Waals surface area contributed by atoms with Gasteiger partial charge in [0.05, 0.1) is 11.4 Å². The molecule has 0 aromatic heterocycles. The maximum Gasteiger partial charge on any atom is 0.0620 e. The lowest BCUT2D eigenvalue weighted by molar-refractivity contribution is 1.28. The molecule has 0 aliphatic rings. The molecule has 0 heterocycles. The monoisotopic (exact) mass is 872 g/mol. The van der Waals surface area contributed by atoms with E-state index in [1.807, 2.05) is 0 Å². The molecule has 11 aromatic carbocycles. The molecule has 68 heavy (non-hydrogen) atoms. The third-order valence-corrected chi connectivity index (χ3v) is 13.2. The first kappa shape index (κ1) is 42.2. The van der Waals surface area contributed by atoms with Crippen LogP contribution in [0.25, 0.3) is 67.4 Å². The summed E-state index contributed by atoms with van der Waals surface area (Å²) in [5.41, 5.74) is 16.3. The molecule has 0 amide bonds. The van der Waals surface area contributed by atoms with Crippen molar-refractivity contribution in [3.63, 3.8) is 0 Å². The van der Waals surface area contributed by atoms with Crippen LogP contribution < -0.4 is 9.80 Å². The van der Waals surface area contributed by atoms with Gasteiger partial charge in [-0.3, -0.25) is 0 Å². The van der Waals surface area contributed by atoms with Gasteiger partial charge < -0.3 is 9.80 Å². The predicted octanol–water partition coefficient (Wildman–Crippen LogP) is 18.8. The SMILES string of the molecule is Cc1ccc(C=Cc2ccc(N(c3ccc(C)cc3)c3c4cc5ccccc5cc4c(N(c4ccc(C)cc4)c4ccc(C=Cc5ccc(C)cc5)cc4)c4cc5ccccc5cc34)cc2)cc1. The number of rotatable bonds is 10. The molecule has 0 unspecified atom stereocenters. The molecule has 0 spiro atoms. The highest BCUT2D eigenvalue weighted by Gasteiger charge is 2.26. The minimum Gasteiger partial charge on any atom is -0.309 e. The lowest BCUT2D eigenvalue weighted by atomic mass is 9.91. The maximum atomic E-state index is 2.48. The van der Waals surface area contributed by atoms with Crippen LogP contribution in [0.4, 0.5) is 34.1 Å². The van der Waals surface area contributed by atoms with Gasteiger partial charge >= 0.3 is 0 Å². The lowest BCUT2D eigenvalue weighted by Crippen LogP contribution is -2.15. The van der Waals surface area contributed by atoms with E-state index in [0.717, 1.165) is 45.3 Å². The minimum absolute atomic E-state index is 1.09. The van der Waals surface area contributed by atoms with E-state index in [-0.39, 0.29) is 0 Å². The molecular weight excluding hydrogens is 821 g/mol. The highest BCUT2D eigenvalue weighted by Crippen LogP contribution is 2.52. The van der Waals surface area contributed by atoms with E-state index in [1.54, 1.807) is 0 Å². The summed E-state index contributed by atoms with van der Waals surface area (Å²) in [7, 11) is 0. The van der Waals surface area contributed by atoms with Crippen molar-refractivity contribution in [1.29, 1.82) is 0 Å². The molecule has 11 aromatic rings. The highest BCUT2D eigenvalue weighted by atomic mass is 15.2. The Morgan fingerprint density at radius 1 is 0.250 bits per heavy atom. The number of hydrogen-bond acceptors (Lipinski definition) is 2. The first-order valence-electron chi connectivity index (χ1n) is 23.6. The van der Waals surface area contributed by atoms with Crippen LogP contribution in [0.5, 0.6) is 0 Å². The smallest absolute Gasteiger partial charge is 0.0620 e. The molecule has 0 aliphatic heterocycles. The highest BCUT2D eigenvalue weighted by molar-refractivity contribution is 6.27. The summed E-state index contributed by atoms with van der Waals surface area (Å²) >= 11 is 0. The van der Waals surface area contributed by atoms with Gasteiger partial charge in [0.1, 0.15) is 0 Å². The Morgan fingerprint density at radius 2 is 0.456 bits per heavy atom. The van der Waals surface area contributed by atoms with E-state index in [2.05, 4.69) is 280 Å². The van der Waals surface area contributed by atoms with Crippen molar-refractivity contribution >= 4 is 102 Å². The van der Waals surface area contributed by atoms with E-state index in [4.69, 9.17) is 0 Å². The Bertz CT molecular complexity index is 3310. The Morgan fingerprint density at radius 3 is 0.706 bits per heavy atom. The van der Waals surface area contributed by atoms with Crippen LogP contribution in [0.2, 0.25) is 0 Å². The molecule has 0 saturated heterocycles. The fraction of sp³-hybridized carbons (Fsp3) is 0.0606. The molecule has 0 saturated carbocycles. The second-order valence-corrected chi connectivity index (χ2v) is 18.2. The van der Waals surface area contributed by atoms with Crippen molar-refractivity contribution in [2.75, 3.05) is 9.80 Å². The van der Waals surface area contributed by atoms with Crippen LogP contribution in [-0.4, -0.2) is 0 Å². The summed E-state index contributed by atoms with van der Waals surface area (Å²) in [4.78, 5) is 4.96. The zero-order valence-electron chi connectivity index (χ0n) is 39.0. The second-order valence-electron chi connectivity index (χ2n) is 18.2. The molecule has 326 valence electrons. The number of nitrogens with zero attached hydrogens (tertiary/aromatic N) is 2. The summed E-state index contributed by atoms with van der Waals surface area (Å²) in [5.74, 6) is 0. The number of hydrogen-bond donors (Lipinski definition) is 0. The number of fused-ring (bicyclic) bond motifs is 4. The molecule has 0 atom stereocenters. The van der Waals surface area contributed by atoms with Crippen LogP contribution in [0.15, 0.2) is 218 Å². The molecule has 0 fully saturated rings. The van der Waals surface area contributed by atoms with Gasteiger partial charge in [0.15, 0.2) is 0 Å². The van der Waals surface area contributed by atoms with E-state index in [0.29, 0.717) is 0 Å². The Labute approximate surface area is 400 Å². The van der Waals surface area contributed by atoms with Crippen molar-refractivity contribution in [2.24, 2.45) is 0 Å². The standard InChI is InChI=1S/C66H52N2/c1-45-13-21-49(22-14-45)25-27-51-29-37-59(38-30-51)67(57-33-17-47(3)18-34-57)65-61-41-53-9-5-7-11-55(53)43-63(61)66(64-44-56-12-8-6-10-54(56)42-62(64)65)68(58-35-19-48(4)20-36-58)60-39-31-52(32-40-60)28-26-50-23-15-46(2)16-24-50/h5-44H,1-4H3. The van der Waals surface area contributed by atoms with Gasteiger partial charge in [-0.05, 0) is 144 Å². The average Bonchev–Trinajstić information content (AvgIpc) is 3.37. The van der Waals surface area contributed by atoms with Gasteiger partial charge in [-0.1, -0.05) is 192 Å². The van der Waals surface area contributed by atoms with Gasteiger partial charge in [0.25, 0.3) is 0 Å². The van der Waals surface area contributed by atoms with E-state index >= 15 is 0 Å². The van der Waals surface area contributed by atoms with Gasteiger partial charge in [-0.2, -0.15) is 0 Å². The molecular formula is C66H52N2. The summed E-state index contributed by atoms with van der Waals surface area (Å²) in [6.45, 7) is 8.57. The summed E-state index contributed by atoms with van der Waals surface area (Å²) in [6.07, 6.45) is 8.79. The Kier molecular flexibility index (Phi) is 11.2. The number of anilines is 6. The fourth-order valence-corrected chi connectivity index (χ4v) is 9.45. The van der Waals surface area contributed by atoms with Crippen molar-refractivity contribution in [3.05, 3.63) is 263 Å². The Balaban J connectivity index is 1.18. The third-order valence-electron chi connectivity index (χ3n) is 13.2. The first-order chi connectivity index (χ1) is 33.3. The normalized spacial score (nSPS) is 11.7. The predicted molar refractivity (Wildman–Crippen MR) is 296 cm³/mol. The second kappa shape index (κ2) is 18.1. The van der Waals surface area contributed by atoms with Crippen LogP contribution in [0.3, 0.4) is 0 Å². The fourth-order valence-electron chi connectivity index (χ4n) is 9.45. The Hall–Kier alpha value is -8.46. The van der Waals surface area contributed by atoms with E-state index in [9.17, 15) is 0 Å². The van der Waals surface area contributed by atoms with Crippen molar-refractivity contribution in [2.45, 2.75) is 27.7 Å². The van der Waals surface area contributed by atoms with E-state index < -0.39 is 0 Å². The zero-order valence-corrected chi connectivity index (χ0v) is 39.0. The molecule has 0 radical (unpaired) electrons. The lowest BCUT2D eigenvalue weighted by Gasteiger charge is -2.33. The van der Waals surface area contributed by atoms with Gasteiger partial charge in [-0.25, -0.2) is 0 Å². The topological polar surface area (TPSA) is 6.48 Å². The summed E-state index contributed by atoms with van der Waals surface area (Å²) in [5, 5.41) is 9.44.